The van der Waals surface area contributed by atoms with Crippen molar-refractivity contribution in [2.24, 2.45) is 5.10 Å². The van der Waals surface area contributed by atoms with Gasteiger partial charge in [0.1, 0.15) is 28.6 Å². The maximum atomic E-state index is 13.6. The summed E-state index contributed by atoms with van der Waals surface area (Å²) in [5, 5.41) is 9.74. The summed E-state index contributed by atoms with van der Waals surface area (Å²) >= 11 is 1.51. The number of nitrogens with one attached hydrogen (secondary N) is 2. The molecule has 152 valence electrons. The first kappa shape index (κ1) is 18.3. The van der Waals surface area contributed by atoms with Crippen molar-refractivity contribution in [3.63, 3.8) is 0 Å². The average molecular weight is 419 g/mol. The molecule has 5 rings (SSSR count). The van der Waals surface area contributed by atoms with E-state index in [1.165, 1.54) is 11.3 Å². The van der Waals surface area contributed by atoms with Crippen LogP contribution < -0.4 is 15.6 Å². The van der Waals surface area contributed by atoms with Crippen LogP contribution in [-0.4, -0.2) is 45.1 Å². The predicted molar refractivity (Wildman–Crippen MR) is 104 cm³/mol. The molecule has 4 heterocycles. The Morgan fingerprint density at radius 3 is 2.86 bits per heavy atom. The smallest absolute Gasteiger partial charge is 0.252 e. The average Bonchev–Trinajstić information content (AvgIpc) is 3.35. The van der Waals surface area contributed by atoms with Gasteiger partial charge in [0.25, 0.3) is 5.92 Å². The number of hydrogen-bond acceptors (Lipinski definition) is 8. The number of rotatable bonds is 4. The number of thiazole rings is 1. The van der Waals surface area contributed by atoms with Gasteiger partial charge in [-0.15, -0.1) is 11.3 Å². The molecule has 0 radical (unpaired) electrons. The number of carbonyl (C=O) groups is 1. The van der Waals surface area contributed by atoms with E-state index in [0.717, 1.165) is 5.01 Å². The molecule has 3 atom stereocenters. The van der Waals surface area contributed by atoms with Crippen molar-refractivity contribution in [1.82, 2.24) is 20.4 Å². The molecule has 0 saturated heterocycles. The number of anilines is 2. The highest BCUT2D eigenvalue weighted by molar-refractivity contribution is 7.09. The van der Waals surface area contributed by atoms with Gasteiger partial charge in [0, 0.05) is 36.7 Å². The second-order valence-corrected chi connectivity index (χ2v) is 8.41. The Labute approximate surface area is 169 Å². The van der Waals surface area contributed by atoms with E-state index in [2.05, 4.69) is 25.8 Å². The molecule has 11 heteroatoms. The number of hydrazone groups is 1. The number of amides is 1. The molecular weight excluding hydrogens is 400 g/mol. The van der Waals surface area contributed by atoms with E-state index in [9.17, 15) is 13.6 Å². The van der Waals surface area contributed by atoms with Gasteiger partial charge in [-0.1, -0.05) is 6.92 Å². The number of hydrogen-bond donors (Lipinski definition) is 2. The van der Waals surface area contributed by atoms with Crippen LogP contribution in [0.3, 0.4) is 0 Å². The largest absolute Gasteiger partial charge is 0.339 e. The van der Waals surface area contributed by atoms with Crippen molar-refractivity contribution < 1.29 is 13.6 Å². The summed E-state index contributed by atoms with van der Waals surface area (Å²) in [6.45, 7) is 1.87. The molecule has 0 bridgehead atoms. The molecule has 0 aromatic carbocycles. The van der Waals surface area contributed by atoms with Crippen LogP contribution in [0, 0.1) is 0 Å². The third-order valence-corrected chi connectivity index (χ3v) is 6.46. The van der Waals surface area contributed by atoms with Crippen molar-refractivity contribution >= 4 is 35.0 Å². The van der Waals surface area contributed by atoms with E-state index in [-0.39, 0.29) is 30.7 Å². The first-order chi connectivity index (χ1) is 14.0. The van der Waals surface area contributed by atoms with Crippen LogP contribution in [-0.2, 0) is 4.79 Å². The van der Waals surface area contributed by atoms with E-state index in [0.29, 0.717) is 23.8 Å². The highest BCUT2D eigenvalue weighted by Gasteiger charge is 2.52. The first-order valence-electron chi connectivity index (χ1n) is 9.49. The van der Waals surface area contributed by atoms with Gasteiger partial charge in [0.15, 0.2) is 5.82 Å². The highest BCUT2D eigenvalue weighted by Crippen LogP contribution is 2.45. The molecule has 8 nitrogen and oxygen atoms in total. The third-order valence-electron chi connectivity index (χ3n) is 5.60. The van der Waals surface area contributed by atoms with Gasteiger partial charge in [-0.05, 0) is 6.42 Å². The summed E-state index contributed by atoms with van der Waals surface area (Å²) in [5.41, 5.74) is 3.49. The quantitative estimate of drug-likeness (QED) is 0.791. The fourth-order valence-corrected chi connectivity index (χ4v) is 4.87. The van der Waals surface area contributed by atoms with E-state index < -0.39 is 18.0 Å². The number of aromatic nitrogens is 3. The van der Waals surface area contributed by atoms with Crippen molar-refractivity contribution in [3.05, 3.63) is 28.6 Å². The van der Waals surface area contributed by atoms with E-state index in [1.54, 1.807) is 23.5 Å². The predicted octanol–water partition coefficient (Wildman–Crippen LogP) is 2.68. The molecule has 1 aliphatic carbocycles. The van der Waals surface area contributed by atoms with Crippen LogP contribution in [0.2, 0.25) is 0 Å². The molecule has 29 heavy (non-hydrogen) atoms. The van der Waals surface area contributed by atoms with Crippen LogP contribution >= 0.6 is 11.3 Å². The lowest BCUT2D eigenvalue weighted by Gasteiger charge is -2.48. The molecule has 3 aliphatic rings. The van der Waals surface area contributed by atoms with Gasteiger partial charge >= 0.3 is 0 Å². The van der Waals surface area contributed by atoms with Crippen molar-refractivity contribution in [3.8, 4) is 0 Å². The molecular formula is C18H19F2N7OS. The van der Waals surface area contributed by atoms with E-state index in [1.807, 2.05) is 12.3 Å². The number of nitrogens with zero attached hydrogens (tertiary/aromatic N) is 5. The Morgan fingerprint density at radius 2 is 2.17 bits per heavy atom. The lowest BCUT2D eigenvalue weighted by atomic mass is 9.85. The zero-order chi connectivity index (χ0) is 20.2. The molecule has 1 amide bonds. The zero-order valence-corrected chi connectivity index (χ0v) is 16.4. The van der Waals surface area contributed by atoms with Gasteiger partial charge in [-0.25, -0.2) is 23.7 Å². The Bertz CT molecular complexity index is 959. The minimum Gasteiger partial charge on any atom is -0.339 e. The molecule has 2 aliphatic heterocycles. The number of alkyl halides is 2. The molecule has 0 spiro atoms. The second kappa shape index (κ2) is 6.68. The van der Waals surface area contributed by atoms with Crippen molar-refractivity contribution in [2.45, 2.75) is 56.2 Å². The molecule has 2 aromatic heterocycles. The summed E-state index contributed by atoms with van der Waals surface area (Å²) in [6.07, 6.45) is 4.96. The second-order valence-electron chi connectivity index (χ2n) is 7.49. The summed E-state index contributed by atoms with van der Waals surface area (Å²) in [6, 6.07) is -1.14. The van der Waals surface area contributed by atoms with E-state index in [4.69, 9.17) is 4.98 Å². The zero-order valence-electron chi connectivity index (χ0n) is 15.5. The van der Waals surface area contributed by atoms with Gasteiger partial charge in [0.2, 0.25) is 5.91 Å². The lowest BCUT2D eigenvalue weighted by Crippen LogP contribution is -2.59. The summed E-state index contributed by atoms with van der Waals surface area (Å²) in [7, 11) is 0. The van der Waals surface area contributed by atoms with Gasteiger partial charge < -0.3 is 10.2 Å². The van der Waals surface area contributed by atoms with E-state index >= 15 is 0 Å². The SMILES string of the molecule is CC[C@@H]1C(=O)Nc2cnc(C3C=NNC3c3nccs3)nc2N1C1CC(F)(F)C1. The molecule has 2 unspecified atom stereocenters. The summed E-state index contributed by atoms with van der Waals surface area (Å²) < 4.78 is 27.2. The third kappa shape index (κ3) is 3.04. The van der Waals surface area contributed by atoms with Crippen LogP contribution in [0.4, 0.5) is 20.3 Å². The normalized spacial score (nSPS) is 27.9. The number of halogens is 2. The Hall–Kier alpha value is -2.69. The topological polar surface area (TPSA) is 95.4 Å². The number of carbonyl (C=O) groups excluding carboxylic acids is 1. The number of fused-ring (bicyclic) bond motifs is 1. The Morgan fingerprint density at radius 1 is 1.34 bits per heavy atom. The standard InChI is InChI=1S/C18H19F2N7OS/c1-2-12-16(28)24-11-8-22-14(10-7-23-26-13(10)17-21-3-4-29-17)25-15(11)27(12)9-5-18(19,20)6-9/h3-4,7-10,12-13,26H,2,5-6H2,1H3,(H,24,28)/t10?,12-,13?/m1/s1. The minimum atomic E-state index is -2.69. The fourth-order valence-electron chi connectivity index (χ4n) is 4.14. The molecule has 2 N–H and O–H groups in total. The van der Waals surface area contributed by atoms with Crippen LogP contribution in [0.25, 0.3) is 0 Å². The van der Waals surface area contributed by atoms with Gasteiger partial charge in [-0.2, -0.15) is 5.10 Å². The molecule has 1 fully saturated rings. The summed E-state index contributed by atoms with van der Waals surface area (Å²) in [4.78, 5) is 27.8. The van der Waals surface area contributed by atoms with Crippen molar-refractivity contribution in [2.75, 3.05) is 10.2 Å². The molecule has 1 saturated carbocycles. The first-order valence-corrected chi connectivity index (χ1v) is 10.4. The maximum Gasteiger partial charge on any atom is 0.252 e. The van der Waals surface area contributed by atoms with Crippen LogP contribution in [0.1, 0.15) is 49.0 Å². The Balaban J connectivity index is 1.52. The summed E-state index contributed by atoms with van der Waals surface area (Å²) in [5.74, 6) is -2.13. The van der Waals surface area contributed by atoms with Crippen LogP contribution in [0.15, 0.2) is 22.9 Å². The van der Waals surface area contributed by atoms with Crippen LogP contribution in [0.5, 0.6) is 0 Å². The van der Waals surface area contributed by atoms with Gasteiger partial charge in [0.05, 0.1) is 12.1 Å². The van der Waals surface area contributed by atoms with Gasteiger partial charge in [-0.3, -0.25) is 10.2 Å². The maximum absolute atomic E-state index is 13.6. The fraction of sp³-hybridized carbons (Fsp3) is 0.500. The Kier molecular flexibility index (Phi) is 4.23. The lowest BCUT2D eigenvalue weighted by molar-refractivity contribution is -0.120. The van der Waals surface area contributed by atoms with Crippen molar-refractivity contribution in [1.29, 1.82) is 0 Å². The minimum absolute atomic E-state index is 0.185. The monoisotopic (exact) mass is 419 g/mol. The highest BCUT2D eigenvalue weighted by atomic mass is 32.1. The molecule has 2 aromatic rings.